The number of hydrogen-bond acceptors (Lipinski definition) is 8. The minimum atomic E-state index is -0.503. The molecule has 0 fully saturated rings. The maximum absolute atomic E-state index is 11.4. The van der Waals surface area contributed by atoms with Crippen molar-refractivity contribution >= 4 is 38.9 Å². The van der Waals surface area contributed by atoms with Crippen LogP contribution in [0.5, 0.6) is 0 Å². The maximum atomic E-state index is 11.4. The number of rotatable bonds is 4. The van der Waals surface area contributed by atoms with Crippen molar-refractivity contribution in [3.05, 3.63) is 22.7 Å². The average molecular weight is 256 g/mol. The Morgan fingerprint density at radius 1 is 1.56 bits per heavy atom. The third-order valence-electron chi connectivity index (χ3n) is 1.59. The Hall–Kier alpha value is -1.67. The number of nitrogens with zero attached hydrogens (tertiary/aromatic N) is 2. The van der Waals surface area contributed by atoms with Crippen LogP contribution in [0.4, 0.5) is 10.3 Å². The van der Waals surface area contributed by atoms with Crippen molar-refractivity contribution in [3.63, 3.8) is 0 Å². The molecule has 3 N–H and O–H groups in total. The van der Waals surface area contributed by atoms with Crippen LogP contribution in [0.1, 0.15) is 10.5 Å². The number of nitrogen functional groups attached to an aromatic ring is 1. The van der Waals surface area contributed by atoms with Gasteiger partial charge >= 0.3 is 5.97 Å². The van der Waals surface area contributed by atoms with Gasteiger partial charge in [-0.3, -0.25) is 0 Å². The molecule has 0 saturated carbocycles. The highest BCUT2D eigenvalue weighted by Crippen LogP contribution is 2.12. The fourth-order valence-electron chi connectivity index (χ4n) is 0.929. The standard InChI is InChI=1S/C8H8N4O2S2/c9-7-12-5(3-16-7)6(13)14-4-11-8-10-1-2-15-8/h1-3H,4H2,(H2,9,12)(H,10,11). The Labute approximate surface area is 99.1 Å². The summed E-state index contributed by atoms with van der Waals surface area (Å²) in [4.78, 5) is 19.2. The highest BCUT2D eigenvalue weighted by molar-refractivity contribution is 7.13. The predicted molar refractivity (Wildman–Crippen MR) is 62.5 cm³/mol. The molecule has 16 heavy (non-hydrogen) atoms. The lowest BCUT2D eigenvalue weighted by atomic mass is 10.5. The lowest BCUT2D eigenvalue weighted by Crippen LogP contribution is -2.12. The van der Waals surface area contributed by atoms with E-state index in [1.165, 1.54) is 22.7 Å². The summed E-state index contributed by atoms with van der Waals surface area (Å²) in [7, 11) is 0. The van der Waals surface area contributed by atoms with E-state index >= 15 is 0 Å². The average Bonchev–Trinajstić information content (AvgIpc) is 2.89. The minimum Gasteiger partial charge on any atom is -0.440 e. The van der Waals surface area contributed by atoms with Crippen molar-refractivity contribution < 1.29 is 9.53 Å². The third-order valence-corrected chi connectivity index (χ3v) is 2.99. The van der Waals surface area contributed by atoms with E-state index in [1.54, 1.807) is 11.6 Å². The van der Waals surface area contributed by atoms with Crippen molar-refractivity contribution in [2.75, 3.05) is 17.8 Å². The van der Waals surface area contributed by atoms with Gasteiger partial charge in [-0.2, -0.15) is 0 Å². The molecular formula is C8H8N4O2S2. The smallest absolute Gasteiger partial charge is 0.359 e. The summed E-state index contributed by atoms with van der Waals surface area (Å²) in [6, 6.07) is 0. The number of nitrogens with two attached hydrogens (primary N) is 1. The quantitative estimate of drug-likeness (QED) is 0.635. The van der Waals surface area contributed by atoms with E-state index in [0.29, 0.717) is 10.3 Å². The Morgan fingerprint density at radius 3 is 3.06 bits per heavy atom. The van der Waals surface area contributed by atoms with Crippen LogP contribution >= 0.6 is 22.7 Å². The molecule has 0 atom stereocenters. The van der Waals surface area contributed by atoms with Crippen molar-refractivity contribution in [1.29, 1.82) is 0 Å². The molecule has 2 rings (SSSR count). The fraction of sp³-hybridized carbons (Fsp3) is 0.125. The number of anilines is 2. The van der Waals surface area contributed by atoms with E-state index in [9.17, 15) is 4.79 Å². The first-order valence-corrected chi connectivity index (χ1v) is 6.03. The van der Waals surface area contributed by atoms with Gasteiger partial charge in [0.05, 0.1) is 0 Å². The van der Waals surface area contributed by atoms with E-state index in [4.69, 9.17) is 10.5 Å². The van der Waals surface area contributed by atoms with Gasteiger partial charge in [0.25, 0.3) is 0 Å². The van der Waals surface area contributed by atoms with E-state index < -0.39 is 5.97 Å². The molecule has 0 spiro atoms. The van der Waals surface area contributed by atoms with Gasteiger partial charge in [-0.05, 0) is 0 Å². The van der Waals surface area contributed by atoms with E-state index in [1.807, 2.05) is 5.38 Å². The molecule has 2 aromatic heterocycles. The van der Waals surface area contributed by atoms with E-state index in [0.717, 1.165) is 0 Å². The Kier molecular flexibility index (Phi) is 3.32. The summed E-state index contributed by atoms with van der Waals surface area (Å²) in [6.45, 7) is 0.0593. The molecular weight excluding hydrogens is 248 g/mol. The zero-order valence-electron chi connectivity index (χ0n) is 8.04. The molecule has 2 aromatic rings. The molecule has 0 unspecified atom stereocenters. The topological polar surface area (TPSA) is 90.1 Å². The number of esters is 1. The predicted octanol–water partition coefficient (Wildman–Crippen LogP) is 1.41. The molecule has 2 heterocycles. The zero-order chi connectivity index (χ0) is 11.4. The van der Waals surface area contributed by atoms with Crippen LogP contribution in [0, 0.1) is 0 Å². The highest BCUT2D eigenvalue weighted by atomic mass is 32.1. The lowest BCUT2D eigenvalue weighted by molar-refractivity contribution is 0.0528. The Bertz CT molecular complexity index is 468. The van der Waals surface area contributed by atoms with Gasteiger partial charge in [-0.25, -0.2) is 14.8 Å². The molecule has 0 saturated heterocycles. The minimum absolute atomic E-state index is 0.0593. The molecule has 0 aliphatic rings. The van der Waals surface area contributed by atoms with Crippen LogP contribution in [0.25, 0.3) is 0 Å². The Morgan fingerprint density at radius 2 is 2.44 bits per heavy atom. The zero-order valence-corrected chi connectivity index (χ0v) is 9.68. The molecule has 0 bridgehead atoms. The first kappa shape index (κ1) is 10.8. The second kappa shape index (κ2) is 4.90. The van der Waals surface area contributed by atoms with Crippen LogP contribution in [0.15, 0.2) is 17.0 Å². The van der Waals surface area contributed by atoms with Gasteiger partial charge in [0.2, 0.25) is 0 Å². The highest BCUT2D eigenvalue weighted by Gasteiger charge is 2.10. The van der Waals surface area contributed by atoms with Crippen LogP contribution < -0.4 is 11.1 Å². The molecule has 0 radical (unpaired) electrons. The van der Waals surface area contributed by atoms with Gasteiger partial charge in [0, 0.05) is 17.0 Å². The number of carbonyl (C=O) groups is 1. The summed E-state index contributed by atoms with van der Waals surface area (Å²) in [6.07, 6.45) is 1.66. The van der Waals surface area contributed by atoms with Crippen LogP contribution in [0.3, 0.4) is 0 Å². The van der Waals surface area contributed by atoms with Gasteiger partial charge in [-0.15, -0.1) is 22.7 Å². The van der Waals surface area contributed by atoms with Crippen LogP contribution in [-0.2, 0) is 4.74 Å². The number of hydrogen-bond donors (Lipinski definition) is 2. The second-order valence-corrected chi connectivity index (χ2v) is 4.45. The fourth-order valence-corrected chi connectivity index (χ4v) is 1.98. The second-order valence-electron chi connectivity index (χ2n) is 2.66. The number of thiazole rings is 2. The summed E-state index contributed by atoms with van der Waals surface area (Å²) in [5.41, 5.74) is 5.62. The number of carbonyl (C=O) groups excluding carboxylic acids is 1. The monoisotopic (exact) mass is 256 g/mol. The molecule has 6 nitrogen and oxygen atoms in total. The molecule has 0 aromatic carbocycles. The van der Waals surface area contributed by atoms with Gasteiger partial charge in [-0.1, -0.05) is 0 Å². The SMILES string of the molecule is Nc1nc(C(=O)OCNc2nccs2)cs1. The van der Waals surface area contributed by atoms with Crippen molar-refractivity contribution in [2.24, 2.45) is 0 Å². The van der Waals surface area contributed by atoms with E-state index in [2.05, 4.69) is 15.3 Å². The summed E-state index contributed by atoms with van der Waals surface area (Å²) in [5, 5.41) is 7.27. The van der Waals surface area contributed by atoms with Crippen LogP contribution in [0.2, 0.25) is 0 Å². The number of nitrogens with one attached hydrogen (secondary N) is 1. The Balaban J connectivity index is 1.80. The largest absolute Gasteiger partial charge is 0.440 e. The van der Waals surface area contributed by atoms with Gasteiger partial charge in [0.1, 0.15) is 0 Å². The molecule has 8 heteroatoms. The first-order chi connectivity index (χ1) is 7.75. The summed E-state index contributed by atoms with van der Waals surface area (Å²) < 4.78 is 4.92. The number of ether oxygens (including phenoxy) is 1. The van der Waals surface area contributed by atoms with Gasteiger partial charge < -0.3 is 15.8 Å². The normalized spacial score (nSPS) is 10.0. The summed E-state index contributed by atoms with van der Waals surface area (Å²) in [5.74, 6) is -0.503. The number of aromatic nitrogens is 2. The lowest BCUT2D eigenvalue weighted by Gasteiger charge is -2.02. The first-order valence-electron chi connectivity index (χ1n) is 4.27. The maximum Gasteiger partial charge on any atom is 0.359 e. The molecule has 0 aliphatic heterocycles. The van der Waals surface area contributed by atoms with Crippen molar-refractivity contribution in [3.8, 4) is 0 Å². The van der Waals surface area contributed by atoms with Crippen molar-refractivity contribution in [2.45, 2.75) is 0 Å². The molecule has 84 valence electrons. The molecule has 0 amide bonds. The molecule has 0 aliphatic carbocycles. The van der Waals surface area contributed by atoms with Gasteiger partial charge in [0.15, 0.2) is 22.7 Å². The van der Waals surface area contributed by atoms with Crippen LogP contribution in [-0.4, -0.2) is 22.7 Å². The van der Waals surface area contributed by atoms with Crippen molar-refractivity contribution in [1.82, 2.24) is 9.97 Å². The summed E-state index contributed by atoms with van der Waals surface area (Å²) >= 11 is 2.63. The third kappa shape index (κ3) is 2.67. The van der Waals surface area contributed by atoms with E-state index in [-0.39, 0.29) is 12.4 Å².